The first-order valence-corrected chi connectivity index (χ1v) is 6.34. The maximum atomic E-state index is 13.5. The van der Waals surface area contributed by atoms with E-state index in [0.29, 0.717) is 6.07 Å². The summed E-state index contributed by atoms with van der Waals surface area (Å²) < 4.78 is 50.1. The van der Waals surface area contributed by atoms with Crippen LogP contribution >= 0.6 is 34.8 Å². The highest BCUT2D eigenvalue weighted by Gasteiger charge is 2.67. The first-order valence-electron chi connectivity index (χ1n) is 5.21. The summed E-state index contributed by atoms with van der Waals surface area (Å²) in [7, 11) is 0. The number of benzene rings is 1. The third-order valence-corrected chi connectivity index (χ3v) is 4.40. The van der Waals surface area contributed by atoms with E-state index < -0.39 is 44.7 Å². The monoisotopic (exact) mass is 349 g/mol. The highest BCUT2D eigenvalue weighted by atomic mass is 35.5. The molecule has 2 N–H and O–H groups in total. The molecule has 0 spiro atoms. The Labute approximate surface area is 125 Å². The Morgan fingerprint density at radius 2 is 1.85 bits per heavy atom. The molecule has 2 nitrogen and oxygen atoms in total. The third-order valence-electron chi connectivity index (χ3n) is 3.08. The Hall–Kier alpha value is -0.720. The fourth-order valence-corrected chi connectivity index (χ4v) is 3.15. The van der Waals surface area contributed by atoms with Crippen molar-refractivity contribution in [2.75, 3.05) is 0 Å². The largest absolute Gasteiger partial charge is 0.417 e. The molecule has 0 saturated heterocycles. The Morgan fingerprint density at radius 3 is 2.25 bits per heavy atom. The summed E-state index contributed by atoms with van der Waals surface area (Å²) in [5.74, 6) is -4.22. The molecule has 1 saturated carbocycles. The van der Waals surface area contributed by atoms with E-state index in [0.717, 1.165) is 6.07 Å². The van der Waals surface area contributed by atoms with Crippen molar-refractivity contribution in [1.29, 1.82) is 0 Å². The van der Waals surface area contributed by atoms with Crippen LogP contribution in [0.3, 0.4) is 0 Å². The standard InChI is InChI=1S/C11H6Cl3F4NO/c12-8-4(11(16,17)18)1-3(2-5(8)15)6-7(9(19)20)10(6,13)14/h1-2,6-7H,(H2,19,20). The van der Waals surface area contributed by atoms with Gasteiger partial charge in [-0.05, 0) is 17.7 Å². The van der Waals surface area contributed by atoms with Crippen molar-refractivity contribution < 1.29 is 22.4 Å². The van der Waals surface area contributed by atoms with E-state index in [-0.39, 0.29) is 5.56 Å². The van der Waals surface area contributed by atoms with Crippen LogP contribution in [0.15, 0.2) is 12.1 Å². The molecule has 1 aromatic rings. The van der Waals surface area contributed by atoms with Crippen LogP contribution in [-0.4, -0.2) is 10.2 Å². The van der Waals surface area contributed by atoms with Gasteiger partial charge in [-0.1, -0.05) is 11.6 Å². The maximum absolute atomic E-state index is 13.5. The molecule has 110 valence electrons. The second kappa shape index (κ2) is 4.64. The zero-order valence-corrected chi connectivity index (χ0v) is 11.7. The lowest BCUT2D eigenvalue weighted by Gasteiger charge is -2.12. The van der Waals surface area contributed by atoms with Gasteiger partial charge in [-0.2, -0.15) is 13.2 Å². The van der Waals surface area contributed by atoms with Crippen LogP contribution in [-0.2, 0) is 11.0 Å². The fourth-order valence-electron chi connectivity index (χ4n) is 2.09. The molecule has 2 atom stereocenters. The molecule has 9 heteroatoms. The molecule has 1 fully saturated rings. The van der Waals surface area contributed by atoms with E-state index in [1.54, 1.807) is 0 Å². The lowest BCUT2D eigenvalue weighted by Crippen LogP contribution is -2.16. The average molecular weight is 351 g/mol. The van der Waals surface area contributed by atoms with E-state index in [1.807, 2.05) is 0 Å². The highest BCUT2D eigenvalue weighted by Crippen LogP contribution is 2.65. The molecule has 20 heavy (non-hydrogen) atoms. The summed E-state index contributed by atoms with van der Waals surface area (Å²) in [6.45, 7) is 0. The fraction of sp³-hybridized carbons (Fsp3) is 0.364. The second-order valence-corrected chi connectivity index (χ2v) is 6.22. The third kappa shape index (κ3) is 2.44. The first kappa shape index (κ1) is 15.7. The number of nitrogens with two attached hydrogens (primary N) is 1. The summed E-state index contributed by atoms with van der Waals surface area (Å²) in [4.78, 5) is 11.1. The first-order chi connectivity index (χ1) is 8.98. The number of amides is 1. The minimum Gasteiger partial charge on any atom is -0.369 e. The summed E-state index contributed by atoms with van der Waals surface area (Å²) in [6, 6.07) is 1.39. The van der Waals surface area contributed by atoms with Crippen molar-refractivity contribution in [3.8, 4) is 0 Å². The lowest BCUT2D eigenvalue weighted by molar-refractivity contribution is -0.137. The number of halogens is 7. The Bertz CT molecular complexity index is 588. The van der Waals surface area contributed by atoms with E-state index in [2.05, 4.69) is 0 Å². The molecule has 1 amide bonds. The van der Waals surface area contributed by atoms with Crippen molar-refractivity contribution in [2.24, 2.45) is 11.7 Å². The van der Waals surface area contributed by atoms with Crippen LogP contribution in [0.2, 0.25) is 5.02 Å². The van der Waals surface area contributed by atoms with Gasteiger partial charge in [-0.3, -0.25) is 4.79 Å². The average Bonchev–Trinajstić information content (AvgIpc) is 2.84. The van der Waals surface area contributed by atoms with Crippen molar-refractivity contribution in [1.82, 2.24) is 0 Å². The zero-order valence-electron chi connectivity index (χ0n) is 9.44. The number of rotatable bonds is 2. The summed E-state index contributed by atoms with van der Waals surface area (Å²) in [5.41, 5.74) is 3.52. The van der Waals surface area contributed by atoms with Gasteiger partial charge in [0.2, 0.25) is 5.91 Å². The molecule has 0 bridgehead atoms. The molecule has 0 radical (unpaired) electrons. The van der Waals surface area contributed by atoms with Crippen LogP contribution in [0.1, 0.15) is 17.0 Å². The predicted molar refractivity (Wildman–Crippen MR) is 66.3 cm³/mol. The van der Waals surface area contributed by atoms with E-state index in [4.69, 9.17) is 40.5 Å². The van der Waals surface area contributed by atoms with Crippen LogP contribution in [0.4, 0.5) is 17.6 Å². The minimum absolute atomic E-state index is 0.173. The van der Waals surface area contributed by atoms with Gasteiger partial charge >= 0.3 is 6.18 Å². The van der Waals surface area contributed by atoms with Gasteiger partial charge in [0.25, 0.3) is 0 Å². The number of carbonyl (C=O) groups excluding carboxylic acids is 1. The summed E-state index contributed by atoms with van der Waals surface area (Å²) >= 11 is 16.9. The molecule has 0 heterocycles. The van der Waals surface area contributed by atoms with E-state index in [9.17, 15) is 22.4 Å². The Morgan fingerprint density at radius 1 is 1.30 bits per heavy atom. The normalized spacial score (nSPS) is 24.6. The molecule has 1 aliphatic rings. The van der Waals surface area contributed by atoms with E-state index >= 15 is 0 Å². The molecule has 2 rings (SSSR count). The predicted octanol–water partition coefficient (Wildman–Crippen LogP) is 3.87. The van der Waals surface area contributed by atoms with Gasteiger partial charge < -0.3 is 5.73 Å². The molecule has 0 aliphatic heterocycles. The number of hydrogen-bond donors (Lipinski definition) is 1. The molecule has 1 aliphatic carbocycles. The van der Waals surface area contributed by atoms with Crippen molar-refractivity contribution in [3.05, 3.63) is 34.1 Å². The van der Waals surface area contributed by atoms with Crippen molar-refractivity contribution in [2.45, 2.75) is 16.4 Å². The molecular weight excluding hydrogens is 344 g/mol. The lowest BCUT2D eigenvalue weighted by atomic mass is 10.0. The quantitative estimate of drug-likeness (QED) is 0.638. The Balaban J connectivity index is 2.51. The van der Waals surface area contributed by atoms with Crippen LogP contribution in [0, 0.1) is 11.7 Å². The molecule has 1 aromatic carbocycles. The van der Waals surface area contributed by atoms with E-state index in [1.165, 1.54) is 0 Å². The molecular formula is C11H6Cl3F4NO. The number of alkyl halides is 5. The van der Waals surface area contributed by atoms with Crippen LogP contribution in [0.5, 0.6) is 0 Å². The van der Waals surface area contributed by atoms with Crippen LogP contribution in [0.25, 0.3) is 0 Å². The summed E-state index contributed by atoms with van der Waals surface area (Å²) in [5, 5.41) is -1.05. The van der Waals surface area contributed by atoms with Gasteiger partial charge in [0.1, 0.15) is 10.2 Å². The molecule has 2 unspecified atom stereocenters. The minimum atomic E-state index is -4.84. The zero-order chi connectivity index (χ0) is 15.5. The SMILES string of the molecule is NC(=O)C1C(c2cc(F)c(Cl)c(C(F)(F)F)c2)C1(Cl)Cl. The highest BCUT2D eigenvalue weighted by molar-refractivity contribution is 6.53. The van der Waals surface area contributed by atoms with Gasteiger partial charge in [0.15, 0.2) is 0 Å². The summed E-state index contributed by atoms with van der Waals surface area (Å²) in [6.07, 6.45) is -4.84. The van der Waals surface area contributed by atoms with Gasteiger partial charge in [0, 0.05) is 5.92 Å². The van der Waals surface area contributed by atoms with Crippen molar-refractivity contribution >= 4 is 40.7 Å². The second-order valence-electron chi connectivity index (χ2n) is 4.39. The number of primary amides is 1. The smallest absolute Gasteiger partial charge is 0.369 e. The molecule has 0 aromatic heterocycles. The topological polar surface area (TPSA) is 43.1 Å². The van der Waals surface area contributed by atoms with Gasteiger partial charge in [-0.25, -0.2) is 4.39 Å². The van der Waals surface area contributed by atoms with Crippen molar-refractivity contribution in [3.63, 3.8) is 0 Å². The van der Waals surface area contributed by atoms with Gasteiger partial charge in [-0.15, -0.1) is 23.2 Å². The Kier molecular flexibility index (Phi) is 3.64. The number of hydrogen-bond acceptors (Lipinski definition) is 1. The number of carbonyl (C=O) groups is 1. The maximum Gasteiger partial charge on any atom is 0.417 e. The van der Waals surface area contributed by atoms with Gasteiger partial charge in [0.05, 0.1) is 16.5 Å². The van der Waals surface area contributed by atoms with Crippen LogP contribution < -0.4 is 5.73 Å².